The van der Waals surface area contributed by atoms with Crippen molar-refractivity contribution in [1.29, 1.82) is 0 Å². The maximum Gasteiger partial charge on any atom is 0.265 e. The molecule has 0 aliphatic heterocycles. The third-order valence-corrected chi connectivity index (χ3v) is 4.91. The van der Waals surface area contributed by atoms with E-state index in [9.17, 15) is 9.90 Å². The Balaban J connectivity index is 1.75. The number of rotatable bonds is 7. The number of aromatic hydroxyl groups is 1. The van der Waals surface area contributed by atoms with Crippen molar-refractivity contribution >= 4 is 17.0 Å². The minimum absolute atomic E-state index is 0.165. The quantitative estimate of drug-likeness (QED) is 0.379. The Bertz CT molecular complexity index is 1240. The standard InChI is InChI=1S/C23H22N4O3/c1-30-21-10-5-4-9-20(21)27-22(28)18-8-3-2-7-17(18)19(23(27)29)15-24-11-6-13-26-14-12-25-16-26/h2-5,7-10,12,14-16,29H,6,11,13H2,1H3. The summed E-state index contributed by atoms with van der Waals surface area (Å²) >= 11 is 0. The molecule has 7 heteroatoms. The lowest BCUT2D eigenvalue weighted by molar-refractivity contribution is 0.404. The minimum atomic E-state index is -0.315. The second kappa shape index (κ2) is 8.65. The number of aliphatic imine (C=N–C) groups is 1. The lowest BCUT2D eigenvalue weighted by Crippen LogP contribution is -2.20. The minimum Gasteiger partial charge on any atom is -0.495 e. The summed E-state index contributed by atoms with van der Waals surface area (Å²) in [6.07, 6.45) is 7.89. The highest BCUT2D eigenvalue weighted by molar-refractivity contribution is 6.01. The molecular formula is C23H22N4O3. The van der Waals surface area contributed by atoms with Crippen molar-refractivity contribution in [1.82, 2.24) is 14.1 Å². The fourth-order valence-electron chi connectivity index (χ4n) is 3.45. The lowest BCUT2D eigenvalue weighted by atomic mass is 10.1. The average molecular weight is 402 g/mol. The molecule has 2 aromatic carbocycles. The van der Waals surface area contributed by atoms with Gasteiger partial charge in [0.1, 0.15) is 5.75 Å². The summed E-state index contributed by atoms with van der Waals surface area (Å²) < 4.78 is 8.66. The zero-order valence-electron chi connectivity index (χ0n) is 16.6. The fraction of sp³-hybridized carbons (Fsp3) is 0.174. The number of imidazole rings is 1. The van der Waals surface area contributed by atoms with Gasteiger partial charge in [-0.1, -0.05) is 30.3 Å². The molecular weight excluding hydrogens is 380 g/mol. The summed E-state index contributed by atoms with van der Waals surface area (Å²) in [5.41, 5.74) is 0.659. The summed E-state index contributed by atoms with van der Waals surface area (Å²) in [6.45, 7) is 1.39. The number of benzene rings is 2. The third kappa shape index (κ3) is 3.69. The Morgan fingerprint density at radius 3 is 2.67 bits per heavy atom. The van der Waals surface area contributed by atoms with Gasteiger partial charge in [-0.15, -0.1) is 0 Å². The predicted octanol–water partition coefficient (Wildman–Crippen LogP) is 3.41. The van der Waals surface area contributed by atoms with Crippen LogP contribution in [0.5, 0.6) is 11.6 Å². The maximum atomic E-state index is 13.2. The van der Waals surface area contributed by atoms with Crippen molar-refractivity contribution in [3.8, 4) is 17.3 Å². The van der Waals surface area contributed by atoms with Crippen LogP contribution >= 0.6 is 0 Å². The van der Waals surface area contributed by atoms with Gasteiger partial charge in [0.25, 0.3) is 5.56 Å². The normalized spacial score (nSPS) is 11.4. The average Bonchev–Trinajstić information content (AvgIpc) is 3.29. The van der Waals surface area contributed by atoms with Gasteiger partial charge in [-0.2, -0.15) is 0 Å². The SMILES string of the molecule is COc1ccccc1-n1c(O)c(C=NCCCn2ccnc2)c2ccccc2c1=O. The number of fused-ring (bicyclic) bond motifs is 1. The molecule has 1 N–H and O–H groups in total. The third-order valence-electron chi connectivity index (χ3n) is 4.91. The highest BCUT2D eigenvalue weighted by Gasteiger charge is 2.18. The van der Waals surface area contributed by atoms with Gasteiger partial charge in [-0.05, 0) is 24.6 Å². The number of aromatic nitrogens is 3. The second-order valence-corrected chi connectivity index (χ2v) is 6.78. The molecule has 2 aromatic heterocycles. The number of pyridine rings is 1. The van der Waals surface area contributed by atoms with E-state index < -0.39 is 0 Å². The molecule has 0 radical (unpaired) electrons. The van der Waals surface area contributed by atoms with Crippen LogP contribution in [0.3, 0.4) is 0 Å². The summed E-state index contributed by atoms with van der Waals surface area (Å²) in [6, 6.07) is 14.3. The molecule has 152 valence electrons. The lowest BCUT2D eigenvalue weighted by Gasteiger charge is -2.16. The first kappa shape index (κ1) is 19.4. The zero-order chi connectivity index (χ0) is 20.9. The van der Waals surface area contributed by atoms with Crippen LogP contribution in [0, 0.1) is 0 Å². The van der Waals surface area contributed by atoms with Crippen molar-refractivity contribution in [2.45, 2.75) is 13.0 Å². The highest BCUT2D eigenvalue weighted by Crippen LogP contribution is 2.29. The largest absolute Gasteiger partial charge is 0.495 e. The van der Waals surface area contributed by atoms with Crippen LogP contribution in [0.15, 0.2) is 77.0 Å². The van der Waals surface area contributed by atoms with Crippen molar-refractivity contribution in [2.24, 2.45) is 4.99 Å². The van der Waals surface area contributed by atoms with Crippen LogP contribution in [0.4, 0.5) is 0 Å². The number of ether oxygens (including phenoxy) is 1. The van der Waals surface area contributed by atoms with Gasteiger partial charge in [0, 0.05) is 42.5 Å². The Labute approximate surface area is 173 Å². The Morgan fingerprint density at radius 2 is 1.90 bits per heavy atom. The van der Waals surface area contributed by atoms with Gasteiger partial charge in [0.15, 0.2) is 0 Å². The summed E-state index contributed by atoms with van der Waals surface area (Å²) in [5.74, 6) is 0.329. The molecule has 0 aliphatic rings. The molecule has 0 amide bonds. The number of methoxy groups -OCH3 is 1. The molecule has 2 heterocycles. The molecule has 4 rings (SSSR count). The van der Waals surface area contributed by atoms with Crippen molar-refractivity contribution in [2.75, 3.05) is 13.7 Å². The van der Waals surface area contributed by atoms with Crippen LogP contribution in [-0.4, -0.2) is 39.1 Å². The molecule has 30 heavy (non-hydrogen) atoms. The smallest absolute Gasteiger partial charge is 0.265 e. The Hall–Kier alpha value is -3.87. The Kier molecular flexibility index (Phi) is 5.61. The van der Waals surface area contributed by atoms with Crippen LogP contribution < -0.4 is 10.3 Å². The van der Waals surface area contributed by atoms with Crippen molar-refractivity contribution < 1.29 is 9.84 Å². The van der Waals surface area contributed by atoms with E-state index in [4.69, 9.17) is 4.74 Å². The van der Waals surface area contributed by atoms with Crippen molar-refractivity contribution in [3.63, 3.8) is 0 Å². The van der Waals surface area contributed by atoms with Crippen LogP contribution in [0.25, 0.3) is 16.5 Å². The molecule has 0 unspecified atom stereocenters. The molecule has 0 atom stereocenters. The second-order valence-electron chi connectivity index (χ2n) is 6.78. The number of nitrogens with zero attached hydrogens (tertiary/aromatic N) is 4. The van der Waals surface area contributed by atoms with Gasteiger partial charge in [-0.25, -0.2) is 9.55 Å². The molecule has 0 fully saturated rings. The molecule has 0 aliphatic carbocycles. The number of para-hydroxylation sites is 2. The van der Waals surface area contributed by atoms with E-state index in [0.29, 0.717) is 34.3 Å². The van der Waals surface area contributed by atoms with E-state index in [1.54, 1.807) is 49.1 Å². The van der Waals surface area contributed by atoms with Gasteiger partial charge < -0.3 is 14.4 Å². The first-order valence-corrected chi connectivity index (χ1v) is 9.66. The molecule has 0 saturated carbocycles. The monoisotopic (exact) mass is 402 g/mol. The van der Waals surface area contributed by atoms with E-state index >= 15 is 0 Å². The zero-order valence-corrected chi connectivity index (χ0v) is 16.6. The van der Waals surface area contributed by atoms with Gasteiger partial charge in [0.2, 0.25) is 5.88 Å². The topological polar surface area (TPSA) is 81.6 Å². The molecule has 0 saturated heterocycles. The van der Waals surface area contributed by atoms with Crippen LogP contribution in [0.2, 0.25) is 0 Å². The van der Waals surface area contributed by atoms with E-state index in [0.717, 1.165) is 13.0 Å². The highest BCUT2D eigenvalue weighted by atomic mass is 16.5. The number of aryl methyl sites for hydroxylation is 1. The van der Waals surface area contributed by atoms with Crippen molar-refractivity contribution in [3.05, 3.63) is 83.2 Å². The summed E-state index contributed by atoms with van der Waals surface area (Å²) in [7, 11) is 1.53. The van der Waals surface area contributed by atoms with Gasteiger partial charge >= 0.3 is 0 Å². The first-order chi connectivity index (χ1) is 14.7. The fourth-order valence-corrected chi connectivity index (χ4v) is 3.45. The van der Waals surface area contributed by atoms with Crippen LogP contribution in [0.1, 0.15) is 12.0 Å². The molecule has 4 aromatic rings. The number of hydrogen-bond acceptors (Lipinski definition) is 5. The van der Waals surface area contributed by atoms with Gasteiger partial charge in [-0.3, -0.25) is 9.79 Å². The van der Waals surface area contributed by atoms with E-state index in [2.05, 4.69) is 9.98 Å². The van der Waals surface area contributed by atoms with E-state index in [1.165, 1.54) is 11.7 Å². The van der Waals surface area contributed by atoms with E-state index in [1.807, 2.05) is 29.0 Å². The van der Waals surface area contributed by atoms with Gasteiger partial charge in [0.05, 0.1) is 24.7 Å². The van der Waals surface area contributed by atoms with E-state index in [-0.39, 0.29) is 11.4 Å². The predicted molar refractivity (Wildman–Crippen MR) is 117 cm³/mol. The maximum absolute atomic E-state index is 13.2. The number of hydrogen-bond donors (Lipinski definition) is 1. The first-order valence-electron chi connectivity index (χ1n) is 9.66. The summed E-state index contributed by atoms with van der Waals surface area (Å²) in [5, 5.41) is 12.2. The Morgan fingerprint density at radius 1 is 1.13 bits per heavy atom. The molecule has 0 bridgehead atoms. The molecule has 0 spiro atoms. The summed E-state index contributed by atoms with van der Waals surface area (Å²) in [4.78, 5) is 21.7. The molecule has 7 nitrogen and oxygen atoms in total. The van der Waals surface area contributed by atoms with Crippen LogP contribution in [-0.2, 0) is 6.54 Å².